The Morgan fingerprint density at radius 2 is 1.95 bits per heavy atom. The zero-order chi connectivity index (χ0) is 15.2. The Morgan fingerprint density at radius 3 is 2.62 bits per heavy atom. The molecular weight excluding hydrogens is 332 g/mol. The Kier molecular flexibility index (Phi) is 5.22. The van der Waals surface area contributed by atoms with Crippen molar-refractivity contribution in [3.63, 3.8) is 0 Å². The van der Waals surface area contributed by atoms with Gasteiger partial charge in [-0.05, 0) is 46.3 Å². The first-order valence-corrected chi connectivity index (χ1v) is 7.35. The number of carbonyl (C=O) groups excluding carboxylic acids is 1. The van der Waals surface area contributed by atoms with Crippen LogP contribution in [0.2, 0.25) is 0 Å². The number of amides is 1. The maximum atomic E-state index is 12.3. The second-order valence-electron chi connectivity index (χ2n) is 4.62. The molecule has 4 nitrogen and oxygen atoms in total. The van der Waals surface area contributed by atoms with Crippen LogP contribution in [0.1, 0.15) is 10.4 Å². The molecule has 2 N–H and O–H groups in total. The molecule has 0 unspecified atom stereocenters. The number of hydrogen-bond donors (Lipinski definition) is 1. The molecule has 0 aliphatic rings. The third-order valence-corrected chi connectivity index (χ3v) is 3.75. The van der Waals surface area contributed by atoms with Crippen LogP contribution < -0.4 is 10.5 Å². The summed E-state index contributed by atoms with van der Waals surface area (Å²) in [5.74, 6) is 0.720. The molecule has 0 aliphatic carbocycles. The van der Waals surface area contributed by atoms with Crippen molar-refractivity contribution in [2.24, 2.45) is 0 Å². The van der Waals surface area contributed by atoms with Gasteiger partial charge in [-0.25, -0.2) is 0 Å². The van der Waals surface area contributed by atoms with Gasteiger partial charge in [0.1, 0.15) is 12.4 Å². The number of hydrogen-bond acceptors (Lipinski definition) is 3. The van der Waals surface area contributed by atoms with Crippen LogP contribution in [0.5, 0.6) is 5.75 Å². The first-order valence-electron chi connectivity index (χ1n) is 6.56. The van der Waals surface area contributed by atoms with Crippen molar-refractivity contribution in [1.29, 1.82) is 0 Å². The van der Waals surface area contributed by atoms with Crippen molar-refractivity contribution < 1.29 is 9.53 Å². The number of nitrogen functional groups attached to an aromatic ring is 1. The Labute approximate surface area is 132 Å². The normalized spacial score (nSPS) is 10.2. The van der Waals surface area contributed by atoms with Gasteiger partial charge in [-0.1, -0.05) is 18.2 Å². The second kappa shape index (κ2) is 7.13. The topological polar surface area (TPSA) is 55.6 Å². The number of ether oxygens (including phenoxy) is 1. The first kappa shape index (κ1) is 15.4. The quantitative estimate of drug-likeness (QED) is 0.844. The highest BCUT2D eigenvalue weighted by molar-refractivity contribution is 9.10. The molecule has 0 heterocycles. The molecule has 0 radical (unpaired) electrons. The van der Waals surface area contributed by atoms with Gasteiger partial charge < -0.3 is 15.4 Å². The van der Waals surface area contributed by atoms with E-state index >= 15 is 0 Å². The Morgan fingerprint density at radius 1 is 1.24 bits per heavy atom. The van der Waals surface area contributed by atoms with Crippen molar-refractivity contribution in [1.82, 2.24) is 4.90 Å². The minimum atomic E-state index is -0.0779. The van der Waals surface area contributed by atoms with Gasteiger partial charge in [-0.15, -0.1) is 0 Å². The number of carbonyl (C=O) groups is 1. The average Bonchev–Trinajstić information content (AvgIpc) is 2.50. The van der Waals surface area contributed by atoms with E-state index in [9.17, 15) is 4.79 Å². The molecule has 0 fully saturated rings. The summed E-state index contributed by atoms with van der Waals surface area (Å²) in [4.78, 5) is 13.9. The monoisotopic (exact) mass is 348 g/mol. The van der Waals surface area contributed by atoms with Gasteiger partial charge in [0.2, 0.25) is 0 Å². The summed E-state index contributed by atoms with van der Waals surface area (Å²) in [7, 11) is 1.74. The van der Waals surface area contributed by atoms with Crippen molar-refractivity contribution >= 4 is 27.5 Å². The van der Waals surface area contributed by atoms with E-state index in [-0.39, 0.29) is 5.91 Å². The summed E-state index contributed by atoms with van der Waals surface area (Å²) in [6, 6.07) is 14.7. The Bertz CT molecular complexity index is 617. The van der Waals surface area contributed by atoms with E-state index < -0.39 is 0 Å². The third-order valence-electron chi connectivity index (χ3n) is 3.03. The van der Waals surface area contributed by atoms with Crippen LogP contribution in [0.25, 0.3) is 0 Å². The van der Waals surface area contributed by atoms with Gasteiger partial charge in [-0.2, -0.15) is 0 Å². The summed E-state index contributed by atoms with van der Waals surface area (Å²) in [6.45, 7) is 0.946. The van der Waals surface area contributed by atoms with E-state index in [0.29, 0.717) is 24.4 Å². The molecule has 2 aromatic rings. The van der Waals surface area contributed by atoms with Crippen molar-refractivity contribution in [3.05, 3.63) is 58.6 Å². The van der Waals surface area contributed by atoms with Crippen LogP contribution >= 0.6 is 15.9 Å². The molecule has 21 heavy (non-hydrogen) atoms. The average molecular weight is 349 g/mol. The lowest BCUT2D eigenvalue weighted by Gasteiger charge is -2.18. The fourth-order valence-corrected chi connectivity index (χ4v) is 2.06. The van der Waals surface area contributed by atoms with E-state index in [0.717, 1.165) is 10.2 Å². The molecule has 1 amide bonds. The number of nitrogens with zero attached hydrogens (tertiary/aromatic N) is 1. The van der Waals surface area contributed by atoms with Crippen LogP contribution in [0, 0.1) is 0 Å². The number of likely N-dealkylation sites (N-methyl/N-ethyl adjacent to an activating group) is 1. The predicted octanol–water partition coefficient (Wildman–Crippen LogP) is 3.18. The van der Waals surface area contributed by atoms with Crippen LogP contribution in [-0.2, 0) is 0 Å². The number of anilines is 1. The smallest absolute Gasteiger partial charge is 0.253 e. The summed E-state index contributed by atoms with van der Waals surface area (Å²) >= 11 is 3.31. The summed E-state index contributed by atoms with van der Waals surface area (Å²) in [5, 5.41) is 0. The third kappa shape index (κ3) is 4.23. The fourth-order valence-electron chi connectivity index (χ4n) is 1.82. The highest BCUT2D eigenvalue weighted by atomic mass is 79.9. The Balaban J connectivity index is 1.89. The molecule has 0 spiro atoms. The number of rotatable bonds is 5. The number of halogens is 1. The van der Waals surface area contributed by atoms with E-state index in [4.69, 9.17) is 10.5 Å². The molecule has 0 atom stereocenters. The maximum Gasteiger partial charge on any atom is 0.253 e. The minimum Gasteiger partial charge on any atom is -0.492 e. The lowest BCUT2D eigenvalue weighted by atomic mass is 10.2. The van der Waals surface area contributed by atoms with E-state index in [2.05, 4.69) is 15.9 Å². The maximum absolute atomic E-state index is 12.3. The Hall–Kier alpha value is -2.01. The van der Waals surface area contributed by atoms with Crippen molar-refractivity contribution in [2.75, 3.05) is 25.9 Å². The molecule has 2 rings (SSSR count). The number of para-hydroxylation sites is 1. The summed E-state index contributed by atoms with van der Waals surface area (Å²) in [5.41, 5.74) is 6.91. The van der Waals surface area contributed by atoms with Crippen LogP contribution in [0.4, 0.5) is 5.69 Å². The molecule has 0 aliphatic heterocycles. The van der Waals surface area contributed by atoms with E-state index in [1.54, 1.807) is 30.1 Å². The van der Waals surface area contributed by atoms with Gasteiger partial charge in [0.15, 0.2) is 0 Å². The fraction of sp³-hybridized carbons (Fsp3) is 0.188. The number of benzene rings is 2. The lowest BCUT2D eigenvalue weighted by Crippen LogP contribution is -2.30. The first-order chi connectivity index (χ1) is 10.1. The SMILES string of the molecule is CN(CCOc1ccccc1)C(=O)c1ccc(Br)c(N)c1. The molecule has 0 aromatic heterocycles. The highest BCUT2D eigenvalue weighted by Crippen LogP contribution is 2.20. The van der Waals surface area contributed by atoms with Gasteiger partial charge in [-0.3, -0.25) is 4.79 Å². The molecule has 0 bridgehead atoms. The molecule has 5 heteroatoms. The van der Waals surface area contributed by atoms with Crippen LogP contribution in [0.15, 0.2) is 53.0 Å². The zero-order valence-corrected chi connectivity index (χ0v) is 13.3. The second-order valence-corrected chi connectivity index (χ2v) is 5.48. The van der Waals surface area contributed by atoms with Crippen molar-refractivity contribution in [3.8, 4) is 5.75 Å². The molecule has 110 valence electrons. The van der Waals surface area contributed by atoms with Crippen LogP contribution in [0.3, 0.4) is 0 Å². The number of nitrogens with two attached hydrogens (primary N) is 1. The van der Waals surface area contributed by atoms with Crippen LogP contribution in [-0.4, -0.2) is 31.0 Å². The van der Waals surface area contributed by atoms with E-state index in [1.807, 2.05) is 30.3 Å². The molecule has 0 saturated heterocycles. The summed E-state index contributed by atoms with van der Waals surface area (Å²) < 4.78 is 6.37. The molecular formula is C16H17BrN2O2. The highest BCUT2D eigenvalue weighted by Gasteiger charge is 2.12. The van der Waals surface area contributed by atoms with Gasteiger partial charge in [0, 0.05) is 22.8 Å². The van der Waals surface area contributed by atoms with Crippen molar-refractivity contribution in [2.45, 2.75) is 0 Å². The lowest BCUT2D eigenvalue weighted by molar-refractivity contribution is 0.0774. The predicted molar refractivity (Wildman–Crippen MR) is 87.5 cm³/mol. The van der Waals surface area contributed by atoms with Gasteiger partial charge in [0.05, 0.1) is 6.54 Å². The minimum absolute atomic E-state index is 0.0779. The molecule has 0 saturated carbocycles. The largest absolute Gasteiger partial charge is 0.492 e. The molecule has 2 aromatic carbocycles. The zero-order valence-electron chi connectivity index (χ0n) is 11.8. The van der Waals surface area contributed by atoms with Gasteiger partial charge in [0.25, 0.3) is 5.91 Å². The summed E-state index contributed by atoms with van der Waals surface area (Å²) in [6.07, 6.45) is 0. The van der Waals surface area contributed by atoms with Gasteiger partial charge >= 0.3 is 0 Å². The van der Waals surface area contributed by atoms with E-state index in [1.165, 1.54) is 0 Å². The standard InChI is InChI=1S/C16H17BrN2O2/c1-19(9-10-21-13-5-3-2-4-6-13)16(20)12-7-8-14(17)15(18)11-12/h2-8,11H,9-10,18H2,1H3.